The fourth-order valence-corrected chi connectivity index (χ4v) is 3.59. The molecular weight excluding hydrogens is 688 g/mol. The van der Waals surface area contributed by atoms with Crippen LogP contribution in [-0.4, -0.2) is 85.8 Å². The lowest BCUT2D eigenvalue weighted by Crippen LogP contribution is -2.41. The van der Waals surface area contributed by atoms with Gasteiger partial charge in [0.25, 0.3) is 11.8 Å². The second-order valence-electron chi connectivity index (χ2n) is 11.0. The van der Waals surface area contributed by atoms with Crippen molar-refractivity contribution < 1.29 is 57.4 Å². The molecule has 0 aliphatic heterocycles. The van der Waals surface area contributed by atoms with Crippen LogP contribution in [0.4, 0.5) is 0 Å². The normalized spacial score (nSPS) is 11.2. The number of nitrogens with one attached hydrogen (secondary N) is 2. The predicted octanol–water partition coefficient (Wildman–Crippen LogP) is 3.64. The summed E-state index contributed by atoms with van der Waals surface area (Å²) >= 11 is 0. The Morgan fingerprint density at radius 1 is 0.585 bits per heavy atom. The maximum absolute atomic E-state index is 12.0. The van der Waals surface area contributed by atoms with Crippen molar-refractivity contribution in [3.05, 3.63) is 108 Å². The van der Waals surface area contributed by atoms with Crippen LogP contribution in [0.3, 0.4) is 0 Å². The molecule has 0 aromatic heterocycles. The van der Waals surface area contributed by atoms with Gasteiger partial charge in [-0.05, 0) is 69.2 Å². The number of hydrogen-bond donors (Lipinski definition) is 2. The molecule has 2 rings (SSSR count). The highest BCUT2D eigenvalue weighted by Gasteiger charge is 2.22. The molecule has 284 valence electrons. The number of rotatable bonds is 16. The standard InChI is InChI=1S/C16H17NO5.C15H19NO3.C8H10O4/c1-11(18)14(19)10-6-9-13(16(21)22-2)17-15(20)12-7-4-3-5-8-12;1-11(2)9-10-13(15(18)19-3)16-14(17)12-7-5-4-6-8-12;1-6(9)8(11)4-3-5-12-7(2)10/h3-8,10,13H,9H2,1-2H3,(H,17,20);4-9,13H,10H2,1-3H3,(H,16,17);3-4H,5H2,1-2H3/b;;4-3-/t2*13-;/m00./s1. The third-order valence-electron chi connectivity index (χ3n) is 6.40. The molecule has 2 amide bonds. The summed E-state index contributed by atoms with van der Waals surface area (Å²) in [5.74, 6) is -4.60. The van der Waals surface area contributed by atoms with E-state index in [2.05, 4.69) is 20.1 Å². The molecular formula is C39H46N2O12. The smallest absolute Gasteiger partial charge is 0.328 e. The zero-order valence-corrected chi connectivity index (χ0v) is 30.8. The van der Waals surface area contributed by atoms with Crippen LogP contribution in [0, 0.1) is 0 Å². The van der Waals surface area contributed by atoms with E-state index in [4.69, 9.17) is 4.74 Å². The van der Waals surface area contributed by atoms with E-state index in [9.17, 15) is 43.2 Å². The largest absolute Gasteiger partial charge is 0.467 e. The number of ketones is 4. The molecule has 2 N–H and O–H groups in total. The summed E-state index contributed by atoms with van der Waals surface area (Å²) in [6.07, 6.45) is 7.21. The van der Waals surface area contributed by atoms with Gasteiger partial charge in [0.15, 0.2) is 11.6 Å². The molecule has 0 radical (unpaired) electrons. The van der Waals surface area contributed by atoms with Gasteiger partial charge in [0.1, 0.15) is 18.7 Å². The lowest BCUT2D eigenvalue weighted by atomic mass is 10.1. The predicted molar refractivity (Wildman–Crippen MR) is 194 cm³/mol. The molecule has 2 aromatic rings. The number of ether oxygens (including phenoxy) is 3. The molecule has 0 bridgehead atoms. The van der Waals surface area contributed by atoms with Crippen LogP contribution in [-0.2, 0) is 47.8 Å². The zero-order chi connectivity index (χ0) is 40.3. The van der Waals surface area contributed by atoms with Crippen LogP contribution in [0.1, 0.15) is 68.2 Å². The van der Waals surface area contributed by atoms with E-state index in [1.165, 1.54) is 40.2 Å². The lowest BCUT2D eigenvalue weighted by molar-refractivity contribution is -0.143. The molecule has 2 aromatic carbocycles. The van der Waals surface area contributed by atoms with Gasteiger partial charge in [-0.1, -0.05) is 54.1 Å². The summed E-state index contributed by atoms with van der Waals surface area (Å²) in [5, 5.41) is 5.21. The van der Waals surface area contributed by atoms with Crippen LogP contribution in [0.2, 0.25) is 0 Å². The summed E-state index contributed by atoms with van der Waals surface area (Å²) in [4.78, 5) is 100. The van der Waals surface area contributed by atoms with Gasteiger partial charge in [0, 0.05) is 31.9 Å². The van der Waals surface area contributed by atoms with Crippen LogP contribution >= 0.6 is 0 Å². The fourth-order valence-electron chi connectivity index (χ4n) is 3.59. The summed E-state index contributed by atoms with van der Waals surface area (Å²) in [6, 6.07) is 15.6. The average Bonchev–Trinajstić information content (AvgIpc) is 3.14. The third-order valence-corrected chi connectivity index (χ3v) is 6.40. The molecule has 0 heterocycles. The van der Waals surface area contributed by atoms with Crippen molar-refractivity contribution in [3.63, 3.8) is 0 Å². The minimum atomic E-state index is -0.936. The number of benzene rings is 2. The minimum Gasteiger partial charge on any atom is -0.467 e. The second-order valence-corrected chi connectivity index (χ2v) is 11.0. The number of hydrogen-bond acceptors (Lipinski definition) is 12. The van der Waals surface area contributed by atoms with Crippen LogP contribution in [0.15, 0.2) is 96.6 Å². The highest BCUT2D eigenvalue weighted by atomic mass is 16.5. The van der Waals surface area contributed by atoms with Crippen LogP contribution in [0.5, 0.6) is 0 Å². The van der Waals surface area contributed by atoms with Crippen molar-refractivity contribution in [1.29, 1.82) is 0 Å². The molecule has 2 atom stereocenters. The molecule has 0 saturated carbocycles. The van der Waals surface area contributed by atoms with Crippen LogP contribution < -0.4 is 10.6 Å². The summed E-state index contributed by atoms with van der Waals surface area (Å²) in [5.41, 5.74) is 2.01. The number of esters is 3. The van der Waals surface area contributed by atoms with Crippen molar-refractivity contribution in [2.75, 3.05) is 20.8 Å². The maximum Gasteiger partial charge on any atom is 0.328 e. The first-order valence-corrected chi connectivity index (χ1v) is 16.1. The average molecular weight is 735 g/mol. The van der Waals surface area contributed by atoms with Gasteiger partial charge >= 0.3 is 17.9 Å². The Morgan fingerprint density at radius 3 is 1.34 bits per heavy atom. The number of carbonyl (C=O) groups is 9. The Morgan fingerprint density at radius 2 is 0.981 bits per heavy atom. The van der Waals surface area contributed by atoms with Gasteiger partial charge in [0.05, 0.1) is 14.2 Å². The number of allylic oxidation sites excluding steroid dienone is 3. The van der Waals surface area contributed by atoms with Gasteiger partial charge in [0.2, 0.25) is 11.6 Å². The molecule has 0 aliphatic carbocycles. The number of methoxy groups -OCH3 is 2. The summed E-state index contributed by atoms with van der Waals surface area (Å²) in [6.45, 7) is 7.50. The van der Waals surface area contributed by atoms with Crippen molar-refractivity contribution in [1.82, 2.24) is 10.6 Å². The van der Waals surface area contributed by atoms with Gasteiger partial charge in [-0.3, -0.25) is 33.6 Å². The highest BCUT2D eigenvalue weighted by Crippen LogP contribution is 2.05. The Hall–Kier alpha value is -6.31. The zero-order valence-electron chi connectivity index (χ0n) is 30.8. The van der Waals surface area contributed by atoms with Crippen molar-refractivity contribution in [2.45, 2.75) is 59.5 Å². The second kappa shape index (κ2) is 26.5. The van der Waals surface area contributed by atoms with E-state index >= 15 is 0 Å². The van der Waals surface area contributed by atoms with Crippen molar-refractivity contribution in [2.24, 2.45) is 0 Å². The van der Waals surface area contributed by atoms with E-state index in [0.29, 0.717) is 17.5 Å². The molecule has 14 nitrogen and oxygen atoms in total. The van der Waals surface area contributed by atoms with E-state index in [-0.39, 0.29) is 18.9 Å². The monoisotopic (exact) mass is 734 g/mol. The lowest BCUT2D eigenvalue weighted by Gasteiger charge is -2.15. The van der Waals surface area contributed by atoms with Gasteiger partial charge in [-0.25, -0.2) is 9.59 Å². The van der Waals surface area contributed by atoms with E-state index < -0.39 is 59.0 Å². The first-order chi connectivity index (χ1) is 25.0. The van der Waals surface area contributed by atoms with Crippen molar-refractivity contribution >= 4 is 52.9 Å². The first kappa shape index (κ1) is 46.7. The van der Waals surface area contributed by atoms with Gasteiger partial charge < -0.3 is 24.8 Å². The Kier molecular flexibility index (Phi) is 23.3. The van der Waals surface area contributed by atoms with Gasteiger partial charge in [-0.2, -0.15) is 0 Å². The summed E-state index contributed by atoms with van der Waals surface area (Å²) < 4.78 is 13.8. The Balaban J connectivity index is 0.000000799. The first-order valence-electron chi connectivity index (χ1n) is 16.1. The Bertz CT molecular complexity index is 1660. The molecule has 0 spiro atoms. The van der Waals surface area contributed by atoms with Gasteiger partial charge in [-0.15, -0.1) is 0 Å². The number of carbonyl (C=O) groups excluding carboxylic acids is 9. The quantitative estimate of drug-likeness (QED) is 0.0834. The van der Waals surface area contributed by atoms with Crippen LogP contribution in [0.25, 0.3) is 0 Å². The molecule has 0 unspecified atom stereocenters. The number of Topliss-reactive ketones (excluding diaryl/α,β-unsaturated/α-hetero) is 2. The topological polar surface area (TPSA) is 205 Å². The minimum absolute atomic E-state index is 0.0222. The molecule has 0 saturated heterocycles. The molecule has 0 fully saturated rings. The Labute approximate surface area is 308 Å². The van der Waals surface area contributed by atoms with Crippen molar-refractivity contribution in [3.8, 4) is 0 Å². The molecule has 14 heteroatoms. The maximum atomic E-state index is 12.0. The molecule has 0 aliphatic rings. The highest BCUT2D eigenvalue weighted by molar-refractivity contribution is 6.41. The van der Waals surface area contributed by atoms with E-state index in [1.807, 2.05) is 26.0 Å². The van der Waals surface area contributed by atoms with E-state index in [1.54, 1.807) is 54.6 Å². The fraction of sp³-hybridized carbons (Fsp3) is 0.308. The molecule has 53 heavy (non-hydrogen) atoms. The third kappa shape index (κ3) is 21.5. The summed E-state index contributed by atoms with van der Waals surface area (Å²) in [7, 11) is 2.51. The number of amides is 2. The SMILES string of the molecule is CC(=O)OC/C=C\C(=O)C(C)=O.COC(=O)[C@H](CC=C(C)C)NC(=O)c1ccccc1.COC(=O)[C@H](CC=CC(=O)C(C)=O)NC(=O)c1ccccc1. The van der Waals surface area contributed by atoms with E-state index in [0.717, 1.165) is 24.6 Å².